The van der Waals surface area contributed by atoms with E-state index in [0.29, 0.717) is 12.8 Å². The van der Waals surface area contributed by atoms with E-state index in [1.165, 1.54) is 15.0 Å². The van der Waals surface area contributed by atoms with Crippen molar-refractivity contribution in [3.8, 4) is 5.75 Å². The van der Waals surface area contributed by atoms with Crippen molar-refractivity contribution in [1.29, 1.82) is 0 Å². The lowest BCUT2D eigenvalue weighted by molar-refractivity contribution is -0.143. The van der Waals surface area contributed by atoms with E-state index in [4.69, 9.17) is 4.74 Å². The molecule has 3 aromatic rings. The van der Waals surface area contributed by atoms with Gasteiger partial charge < -0.3 is 9.84 Å². The van der Waals surface area contributed by atoms with Crippen LogP contribution in [0.2, 0.25) is 0 Å². The van der Waals surface area contributed by atoms with Gasteiger partial charge in [-0.3, -0.25) is 9.69 Å². The van der Waals surface area contributed by atoms with Gasteiger partial charge in [-0.1, -0.05) is 34.1 Å². The maximum Gasteiger partial charge on any atom is 0.306 e. The van der Waals surface area contributed by atoms with Crippen molar-refractivity contribution in [3.05, 3.63) is 63.4 Å². The monoisotopic (exact) mass is 459 g/mol. The highest BCUT2D eigenvalue weighted by molar-refractivity contribution is 9.10. The van der Waals surface area contributed by atoms with E-state index in [-0.39, 0.29) is 12.0 Å². The molecule has 1 atom stereocenters. The number of fused-ring (bicyclic) bond motifs is 1. The number of likely N-dealkylation sites (tertiary alicyclic amines) is 1. The minimum absolute atomic E-state index is 0.0413. The van der Waals surface area contributed by atoms with Crippen LogP contribution in [0.25, 0.3) is 10.1 Å². The molecular weight excluding hydrogens is 438 g/mol. The Labute approximate surface area is 176 Å². The van der Waals surface area contributed by atoms with Crippen molar-refractivity contribution in [2.75, 3.05) is 20.2 Å². The highest BCUT2D eigenvalue weighted by atomic mass is 79.9. The first-order chi connectivity index (χ1) is 13.6. The van der Waals surface area contributed by atoms with Crippen molar-refractivity contribution < 1.29 is 14.6 Å². The van der Waals surface area contributed by atoms with Crippen LogP contribution in [0, 0.1) is 5.92 Å². The van der Waals surface area contributed by atoms with Crippen molar-refractivity contribution in [2.45, 2.75) is 18.9 Å². The fourth-order valence-electron chi connectivity index (χ4n) is 3.99. The maximum absolute atomic E-state index is 11.4. The predicted octanol–water partition coefficient (Wildman–Crippen LogP) is 5.56. The van der Waals surface area contributed by atoms with Gasteiger partial charge in [0.25, 0.3) is 0 Å². The number of methoxy groups -OCH3 is 1. The fraction of sp³-hybridized carbons (Fsp3) is 0.318. The standard InChI is InChI=1S/C22H22BrNO3S/c1-27-18-7-6-16(23)13-17(18)21(24-10-8-14(9-11-24)22(25)26)20-12-15-4-2-3-5-19(15)28-20/h2-7,12-14,21H,8-11H2,1H3,(H,25,26). The summed E-state index contributed by atoms with van der Waals surface area (Å²) in [4.78, 5) is 15.0. The molecule has 1 fully saturated rings. The highest BCUT2D eigenvalue weighted by Gasteiger charge is 2.32. The van der Waals surface area contributed by atoms with Crippen LogP contribution in [0.5, 0.6) is 5.75 Å². The molecule has 6 heteroatoms. The third-order valence-electron chi connectivity index (χ3n) is 5.44. The SMILES string of the molecule is COc1ccc(Br)cc1C(c1cc2ccccc2s1)N1CCC(C(=O)O)CC1. The molecule has 1 aliphatic rings. The molecule has 1 aromatic heterocycles. The molecule has 0 bridgehead atoms. The first-order valence-corrected chi connectivity index (χ1v) is 11.0. The van der Waals surface area contributed by atoms with Crippen molar-refractivity contribution in [2.24, 2.45) is 5.92 Å². The van der Waals surface area contributed by atoms with Gasteiger partial charge in [0.1, 0.15) is 5.75 Å². The average molecular weight is 460 g/mol. The largest absolute Gasteiger partial charge is 0.496 e. The summed E-state index contributed by atoms with van der Waals surface area (Å²) in [6.07, 6.45) is 1.35. The van der Waals surface area contributed by atoms with Gasteiger partial charge >= 0.3 is 5.97 Å². The normalized spacial score (nSPS) is 16.9. The van der Waals surface area contributed by atoms with E-state index in [1.54, 1.807) is 18.4 Å². The lowest BCUT2D eigenvalue weighted by atomic mass is 9.93. The molecule has 146 valence electrons. The lowest BCUT2D eigenvalue weighted by Crippen LogP contribution is -2.39. The smallest absolute Gasteiger partial charge is 0.306 e. The molecule has 2 aromatic carbocycles. The quantitative estimate of drug-likeness (QED) is 0.542. The number of carboxylic acids is 1. The summed E-state index contributed by atoms with van der Waals surface area (Å²) in [6.45, 7) is 1.51. The van der Waals surface area contributed by atoms with E-state index in [2.05, 4.69) is 57.2 Å². The Hall–Kier alpha value is -1.89. The van der Waals surface area contributed by atoms with Gasteiger partial charge in [-0.15, -0.1) is 11.3 Å². The maximum atomic E-state index is 11.4. The molecule has 1 unspecified atom stereocenters. The Morgan fingerprint density at radius 2 is 1.96 bits per heavy atom. The van der Waals surface area contributed by atoms with Crippen LogP contribution in [0.1, 0.15) is 29.3 Å². The van der Waals surface area contributed by atoms with Crippen LogP contribution in [0.3, 0.4) is 0 Å². The number of carboxylic acid groups (broad SMARTS) is 1. The summed E-state index contributed by atoms with van der Waals surface area (Å²) >= 11 is 5.40. The van der Waals surface area contributed by atoms with Crippen LogP contribution in [-0.4, -0.2) is 36.2 Å². The zero-order valence-electron chi connectivity index (χ0n) is 15.6. The minimum Gasteiger partial charge on any atom is -0.496 e. The Kier molecular flexibility index (Phi) is 5.71. The molecule has 2 heterocycles. The highest BCUT2D eigenvalue weighted by Crippen LogP contribution is 2.42. The first kappa shape index (κ1) is 19.4. The third kappa shape index (κ3) is 3.81. The van der Waals surface area contributed by atoms with Crippen LogP contribution >= 0.6 is 27.3 Å². The van der Waals surface area contributed by atoms with Crippen molar-refractivity contribution in [1.82, 2.24) is 4.90 Å². The summed E-state index contributed by atoms with van der Waals surface area (Å²) in [6, 6.07) is 16.8. The van der Waals surface area contributed by atoms with Gasteiger partial charge in [0, 0.05) is 19.6 Å². The molecule has 4 nitrogen and oxygen atoms in total. The van der Waals surface area contributed by atoms with E-state index in [0.717, 1.165) is 28.9 Å². The van der Waals surface area contributed by atoms with Gasteiger partial charge in [0.2, 0.25) is 0 Å². The zero-order chi connectivity index (χ0) is 19.7. The number of rotatable bonds is 5. The molecule has 1 N–H and O–H groups in total. The molecule has 28 heavy (non-hydrogen) atoms. The number of thiophene rings is 1. The zero-order valence-corrected chi connectivity index (χ0v) is 18.0. The average Bonchev–Trinajstić information content (AvgIpc) is 3.12. The molecule has 0 spiro atoms. The summed E-state index contributed by atoms with van der Waals surface area (Å²) in [5, 5.41) is 10.6. The fourth-order valence-corrected chi connectivity index (χ4v) is 5.59. The Morgan fingerprint density at radius 3 is 2.64 bits per heavy atom. The van der Waals surface area contributed by atoms with Gasteiger partial charge in [-0.25, -0.2) is 0 Å². The molecular formula is C22H22BrNO3S. The van der Waals surface area contributed by atoms with Gasteiger partial charge in [-0.2, -0.15) is 0 Å². The summed E-state index contributed by atoms with van der Waals surface area (Å²) in [7, 11) is 1.70. The third-order valence-corrected chi connectivity index (χ3v) is 7.11. The van der Waals surface area contributed by atoms with Crippen LogP contribution < -0.4 is 4.74 Å². The second-order valence-electron chi connectivity index (χ2n) is 7.12. The molecule has 0 amide bonds. The van der Waals surface area contributed by atoms with E-state index >= 15 is 0 Å². The van der Waals surface area contributed by atoms with Crippen molar-refractivity contribution in [3.63, 3.8) is 0 Å². The minimum atomic E-state index is -0.682. The number of hydrogen-bond donors (Lipinski definition) is 1. The molecule has 1 aliphatic heterocycles. The van der Waals surface area contributed by atoms with Crippen LogP contribution in [-0.2, 0) is 4.79 Å². The summed E-state index contributed by atoms with van der Waals surface area (Å²) in [5.74, 6) is -0.0761. The van der Waals surface area contributed by atoms with Gasteiger partial charge in [-0.05, 0) is 61.6 Å². The number of halogens is 1. The van der Waals surface area contributed by atoms with E-state index in [1.807, 2.05) is 12.1 Å². The number of benzene rings is 2. The number of carbonyl (C=O) groups is 1. The molecule has 4 rings (SSSR count). The van der Waals surface area contributed by atoms with E-state index in [9.17, 15) is 9.90 Å². The van der Waals surface area contributed by atoms with Crippen molar-refractivity contribution >= 4 is 43.3 Å². The van der Waals surface area contributed by atoms with Crippen LogP contribution in [0.15, 0.2) is 53.0 Å². The predicted molar refractivity (Wildman–Crippen MR) is 116 cm³/mol. The van der Waals surface area contributed by atoms with Crippen LogP contribution in [0.4, 0.5) is 0 Å². The molecule has 0 saturated carbocycles. The summed E-state index contributed by atoms with van der Waals surface area (Å²) < 4.78 is 7.96. The van der Waals surface area contributed by atoms with Gasteiger partial charge in [0.15, 0.2) is 0 Å². The first-order valence-electron chi connectivity index (χ1n) is 9.35. The second-order valence-corrected chi connectivity index (χ2v) is 9.15. The number of ether oxygens (including phenoxy) is 1. The Balaban J connectivity index is 1.77. The lowest BCUT2D eigenvalue weighted by Gasteiger charge is -2.37. The van der Waals surface area contributed by atoms with Gasteiger partial charge in [0.05, 0.1) is 19.1 Å². The Bertz CT molecular complexity index is 961. The summed E-state index contributed by atoms with van der Waals surface area (Å²) in [5.41, 5.74) is 1.11. The van der Waals surface area contributed by atoms with E-state index < -0.39 is 5.97 Å². The Morgan fingerprint density at radius 1 is 1.21 bits per heavy atom. The number of piperidine rings is 1. The number of hydrogen-bond acceptors (Lipinski definition) is 4. The number of nitrogens with zero attached hydrogens (tertiary/aromatic N) is 1. The molecule has 0 radical (unpaired) electrons. The number of aliphatic carboxylic acids is 1. The topological polar surface area (TPSA) is 49.8 Å². The molecule has 1 saturated heterocycles. The molecule has 0 aliphatic carbocycles. The second kappa shape index (κ2) is 8.23.